The van der Waals surface area contributed by atoms with Crippen molar-refractivity contribution in [2.45, 2.75) is 58.8 Å². The van der Waals surface area contributed by atoms with Crippen LogP contribution in [0.15, 0.2) is 140 Å². The van der Waals surface area contributed by atoms with Gasteiger partial charge in [-0.05, 0) is 79.8 Å². The minimum absolute atomic E-state index is 0.169. The maximum Gasteiger partial charge on any atom is 0.0432 e. The van der Waals surface area contributed by atoms with Gasteiger partial charge in [-0.15, -0.1) is 0 Å². The zero-order valence-electron chi connectivity index (χ0n) is 24.8. The van der Waals surface area contributed by atoms with Crippen molar-refractivity contribution in [2.24, 2.45) is 0 Å². The number of hydrogen-bond donors (Lipinski definition) is 0. The van der Waals surface area contributed by atoms with E-state index in [0.717, 1.165) is 13.1 Å². The molecule has 5 rings (SSSR count). The van der Waals surface area contributed by atoms with E-state index in [1.807, 2.05) is 0 Å². The maximum absolute atomic E-state index is 2.47. The fraction of sp³-hybridized carbons (Fsp3) is 0.231. The topological polar surface area (TPSA) is 6.48 Å². The van der Waals surface area contributed by atoms with E-state index in [1.54, 1.807) is 0 Å². The van der Waals surface area contributed by atoms with E-state index in [2.05, 4.69) is 177 Å². The van der Waals surface area contributed by atoms with Crippen LogP contribution in [-0.4, -0.2) is 12.1 Å². The predicted molar refractivity (Wildman–Crippen MR) is 176 cm³/mol. The lowest BCUT2D eigenvalue weighted by Gasteiger charge is -2.30. The zero-order valence-corrected chi connectivity index (χ0v) is 24.8. The number of anilines is 2. The summed E-state index contributed by atoms with van der Waals surface area (Å²) in [6, 6.07) is 51.6. The smallest absolute Gasteiger partial charge is 0.0432 e. The van der Waals surface area contributed by atoms with Gasteiger partial charge in [0.1, 0.15) is 0 Å². The Bertz CT molecular complexity index is 1360. The van der Waals surface area contributed by atoms with Crippen molar-refractivity contribution in [3.63, 3.8) is 0 Å². The van der Waals surface area contributed by atoms with E-state index in [9.17, 15) is 0 Å². The van der Waals surface area contributed by atoms with E-state index in [1.165, 1.54) is 39.2 Å². The first-order valence-electron chi connectivity index (χ1n) is 14.9. The van der Waals surface area contributed by atoms with E-state index in [0.29, 0.717) is 12.1 Å². The second kappa shape index (κ2) is 13.4. The van der Waals surface area contributed by atoms with Gasteiger partial charge in [-0.3, -0.25) is 0 Å². The lowest BCUT2D eigenvalue weighted by Crippen LogP contribution is -2.30. The van der Waals surface area contributed by atoms with Gasteiger partial charge in [-0.2, -0.15) is 0 Å². The Morgan fingerprint density at radius 1 is 0.390 bits per heavy atom. The van der Waals surface area contributed by atoms with Crippen molar-refractivity contribution < 1.29 is 0 Å². The zero-order chi connectivity index (χ0) is 28.6. The highest BCUT2D eigenvalue weighted by atomic mass is 15.2. The quantitative estimate of drug-likeness (QED) is 0.154. The molecular weight excluding hydrogens is 496 g/mol. The number of hydrogen-bond acceptors (Lipinski definition) is 2. The van der Waals surface area contributed by atoms with Crippen LogP contribution in [0.4, 0.5) is 11.4 Å². The Labute approximate surface area is 246 Å². The van der Waals surface area contributed by atoms with Crippen molar-refractivity contribution in [3.8, 4) is 0 Å². The lowest BCUT2D eigenvalue weighted by molar-refractivity contribution is 0.682. The van der Waals surface area contributed by atoms with Gasteiger partial charge >= 0.3 is 0 Å². The molecule has 41 heavy (non-hydrogen) atoms. The Hall–Kier alpha value is -4.30. The van der Waals surface area contributed by atoms with Crippen LogP contribution in [0.3, 0.4) is 0 Å². The summed E-state index contributed by atoms with van der Waals surface area (Å²) < 4.78 is 0. The van der Waals surface area contributed by atoms with Crippen molar-refractivity contribution in [2.75, 3.05) is 9.80 Å². The maximum atomic E-state index is 2.47. The van der Waals surface area contributed by atoms with Gasteiger partial charge in [0.05, 0.1) is 0 Å². The fourth-order valence-corrected chi connectivity index (χ4v) is 5.64. The largest absolute Gasteiger partial charge is 0.365 e. The second-order valence-corrected chi connectivity index (χ2v) is 11.4. The average Bonchev–Trinajstić information content (AvgIpc) is 3.01. The van der Waals surface area contributed by atoms with Crippen molar-refractivity contribution in [1.29, 1.82) is 0 Å². The average molecular weight is 539 g/mol. The van der Waals surface area contributed by atoms with Gasteiger partial charge in [0.15, 0.2) is 0 Å². The molecule has 0 radical (unpaired) electrons. The molecule has 0 aliphatic rings. The van der Waals surface area contributed by atoms with Crippen molar-refractivity contribution >= 4 is 11.4 Å². The van der Waals surface area contributed by atoms with Gasteiger partial charge in [0.25, 0.3) is 0 Å². The molecule has 0 N–H and O–H groups in total. The van der Waals surface area contributed by atoms with Gasteiger partial charge in [0.2, 0.25) is 0 Å². The fourth-order valence-electron chi connectivity index (χ4n) is 5.64. The summed E-state index contributed by atoms with van der Waals surface area (Å²) in [6.07, 6.45) is 0. The van der Waals surface area contributed by atoms with Crippen molar-refractivity contribution in [3.05, 3.63) is 167 Å². The molecule has 2 heteroatoms. The van der Waals surface area contributed by atoms with E-state index in [4.69, 9.17) is 0 Å². The molecule has 0 spiro atoms. The summed E-state index contributed by atoms with van der Waals surface area (Å²) in [7, 11) is 0. The van der Waals surface area contributed by atoms with E-state index in [-0.39, 0.29) is 5.92 Å². The normalized spacial score (nSPS) is 11.3. The summed E-state index contributed by atoms with van der Waals surface area (Å²) in [5, 5.41) is 0. The Kier molecular flexibility index (Phi) is 9.21. The third kappa shape index (κ3) is 7.08. The predicted octanol–water partition coefficient (Wildman–Crippen LogP) is 9.70. The molecule has 5 aromatic carbocycles. The molecule has 0 atom stereocenters. The summed E-state index contributed by atoms with van der Waals surface area (Å²) in [6.45, 7) is 10.9. The lowest BCUT2D eigenvalue weighted by atomic mass is 9.85. The highest BCUT2D eigenvalue weighted by molar-refractivity contribution is 5.55. The third-order valence-electron chi connectivity index (χ3n) is 7.89. The van der Waals surface area contributed by atoms with Crippen LogP contribution in [0.1, 0.15) is 61.4 Å². The van der Waals surface area contributed by atoms with Gasteiger partial charge < -0.3 is 9.80 Å². The number of benzene rings is 5. The molecule has 0 fully saturated rings. The molecule has 0 heterocycles. The molecule has 0 aliphatic heterocycles. The minimum atomic E-state index is 0.169. The van der Waals surface area contributed by atoms with Gasteiger partial charge in [-0.1, -0.05) is 115 Å². The first-order chi connectivity index (χ1) is 20.0. The molecule has 0 unspecified atom stereocenters. The van der Waals surface area contributed by atoms with Crippen LogP contribution in [-0.2, 0) is 13.1 Å². The van der Waals surface area contributed by atoms with Crippen LogP contribution in [0, 0.1) is 0 Å². The molecule has 5 aromatic rings. The van der Waals surface area contributed by atoms with Crippen LogP contribution in [0.5, 0.6) is 0 Å². The van der Waals surface area contributed by atoms with Crippen molar-refractivity contribution in [1.82, 2.24) is 0 Å². The number of nitrogens with zero attached hydrogens (tertiary/aromatic N) is 2. The SMILES string of the molecule is CC(C)N(Cc1ccccc1)c1ccc(C(c2ccccc2)c2ccc(N(Cc3ccccc3)C(C)C)cc2)cc1. The highest BCUT2D eigenvalue weighted by Gasteiger charge is 2.19. The molecule has 208 valence electrons. The molecule has 0 aromatic heterocycles. The van der Waals surface area contributed by atoms with E-state index >= 15 is 0 Å². The van der Waals surface area contributed by atoms with Crippen LogP contribution < -0.4 is 9.80 Å². The summed E-state index contributed by atoms with van der Waals surface area (Å²) in [5.41, 5.74) is 9.09. The molecule has 0 saturated heterocycles. The molecule has 0 saturated carbocycles. The Morgan fingerprint density at radius 3 is 1.05 bits per heavy atom. The van der Waals surface area contributed by atoms with Gasteiger partial charge in [0, 0.05) is 42.5 Å². The van der Waals surface area contributed by atoms with E-state index < -0.39 is 0 Å². The Morgan fingerprint density at radius 2 is 0.707 bits per heavy atom. The highest BCUT2D eigenvalue weighted by Crippen LogP contribution is 2.35. The molecular formula is C39H42N2. The third-order valence-corrected chi connectivity index (χ3v) is 7.89. The molecule has 0 amide bonds. The number of rotatable bonds is 11. The monoisotopic (exact) mass is 538 g/mol. The summed E-state index contributed by atoms with van der Waals surface area (Å²) in [4.78, 5) is 4.94. The van der Waals surface area contributed by atoms with Crippen LogP contribution in [0.2, 0.25) is 0 Å². The first kappa shape index (κ1) is 28.2. The molecule has 0 aliphatic carbocycles. The molecule has 0 bridgehead atoms. The second-order valence-electron chi connectivity index (χ2n) is 11.4. The van der Waals surface area contributed by atoms with Crippen LogP contribution in [0.25, 0.3) is 0 Å². The molecule has 2 nitrogen and oxygen atoms in total. The summed E-state index contributed by atoms with van der Waals surface area (Å²) in [5.74, 6) is 0.169. The Balaban J connectivity index is 1.43. The standard InChI is InChI=1S/C39H42N2/c1-30(2)40(28-32-14-8-5-9-15-32)37-24-20-35(21-25-37)39(34-18-12-7-13-19-34)36-22-26-38(27-23-36)41(31(3)4)29-33-16-10-6-11-17-33/h5-27,30-31,39H,28-29H2,1-4H3. The minimum Gasteiger partial charge on any atom is -0.365 e. The van der Waals surface area contributed by atoms with Crippen LogP contribution >= 0.6 is 0 Å². The van der Waals surface area contributed by atoms with Gasteiger partial charge in [-0.25, -0.2) is 0 Å². The summed E-state index contributed by atoms with van der Waals surface area (Å²) >= 11 is 0. The first-order valence-corrected chi connectivity index (χ1v) is 14.9.